The number of rotatable bonds is 0. The molecule has 13 heavy (non-hydrogen) atoms. The zero-order chi connectivity index (χ0) is 10.5. The van der Waals surface area contributed by atoms with Crippen LogP contribution in [0.25, 0.3) is 0 Å². The van der Waals surface area contributed by atoms with Gasteiger partial charge in [0.1, 0.15) is 0 Å². The van der Waals surface area contributed by atoms with Crippen molar-refractivity contribution >= 4 is 0 Å². The van der Waals surface area contributed by atoms with Gasteiger partial charge in [-0.2, -0.15) is 0 Å². The molecule has 1 saturated carbocycles. The zero-order valence-electron chi connectivity index (χ0n) is 10.1. The second-order valence-corrected chi connectivity index (χ2v) is 5.14. The second-order valence-electron chi connectivity index (χ2n) is 5.14. The third-order valence-corrected chi connectivity index (χ3v) is 3.09. The normalized spacial score (nSPS) is 31.8. The summed E-state index contributed by atoms with van der Waals surface area (Å²) in [5.41, 5.74) is 6.36. The van der Waals surface area contributed by atoms with E-state index in [2.05, 4.69) is 34.6 Å². The largest absolute Gasteiger partial charge is 0.328 e. The van der Waals surface area contributed by atoms with Crippen LogP contribution in [0.3, 0.4) is 0 Å². The van der Waals surface area contributed by atoms with Crippen LogP contribution in [0.2, 0.25) is 0 Å². The highest BCUT2D eigenvalue weighted by Gasteiger charge is 2.31. The molecule has 1 fully saturated rings. The first-order valence-corrected chi connectivity index (χ1v) is 5.69. The molecule has 0 spiro atoms. The Balaban J connectivity index is 0.000000424. The minimum absolute atomic E-state index is 0.464. The molecule has 0 heterocycles. The van der Waals surface area contributed by atoms with E-state index in [4.69, 9.17) is 5.73 Å². The predicted molar refractivity (Wildman–Crippen MR) is 60.7 cm³/mol. The molecule has 0 radical (unpaired) electrons. The molecule has 1 aliphatic rings. The van der Waals surface area contributed by atoms with Gasteiger partial charge in [-0.3, -0.25) is 0 Å². The van der Waals surface area contributed by atoms with E-state index in [1.165, 1.54) is 25.7 Å². The molecule has 1 aliphatic carbocycles. The summed E-state index contributed by atoms with van der Waals surface area (Å²) >= 11 is 0. The first-order chi connectivity index (χ1) is 5.94. The molecule has 0 bridgehead atoms. The minimum Gasteiger partial charge on any atom is -0.328 e. The quantitative estimate of drug-likeness (QED) is 0.613. The number of nitrogens with two attached hydrogens (primary N) is 1. The van der Waals surface area contributed by atoms with Gasteiger partial charge in [0.2, 0.25) is 0 Å². The van der Waals surface area contributed by atoms with E-state index >= 15 is 0 Å². The summed E-state index contributed by atoms with van der Waals surface area (Å²) in [6, 6.07) is 0.464. The van der Waals surface area contributed by atoms with Crippen molar-refractivity contribution in [1.29, 1.82) is 0 Å². The Morgan fingerprint density at radius 3 is 2.00 bits per heavy atom. The molecule has 1 nitrogen and oxygen atoms in total. The maximum atomic E-state index is 5.87. The van der Waals surface area contributed by atoms with Crippen LogP contribution in [-0.2, 0) is 0 Å². The van der Waals surface area contributed by atoms with Gasteiger partial charge >= 0.3 is 0 Å². The van der Waals surface area contributed by atoms with Gasteiger partial charge in [-0.05, 0) is 30.6 Å². The Morgan fingerprint density at radius 2 is 1.69 bits per heavy atom. The van der Waals surface area contributed by atoms with E-state index < -0.39 is 0 Å². The summed E-state index contributed by atoms with van der Waals surface area (Å²) in [5.74, 6) is 0.854. The fourth-order valence-electron chi connectivity index (χ4n) is 1.83. The van der Waals surface area contributed by atoms with E-state index in [0.717, 1.165) is 5.92 Å². The number of hydrogen-bond acceptors (Lipinski definition) is 1. The molecule has 1 heteroatoms. The van der Waals surface area contributed by atoms with Gasteiger partial charge in [0.15, 0.2) is 0 Å². The molecule has 2 atom stereocenters. The molecule has 2 N–H and O–H groups in total. The molecule has 80 valence electrons. The fourth-order valence-corrected chi connectivity index (χ4v) is 1.83. The van der Waals surface area contributed by atoms with E-state index in [1.807, 2.05) is 0 Å². The smallest absolute Gasteiger partial charge is 0.00441 e. The second kappa shape index (κ2) is 5.64. The van der Waals surface area contributed by atoms with Crippen molar-refractivity contribution in [2.45, 2.75) is 66.3 Å². The van der Waals surface area contributed by atoms with Crippen LogP contribution < -0.4 is 5.73 Å². The van der Waals surface area contributed by atoms with Crippen LogP contribution in [0, 0.1) is 11.3 Å². The third-order valence-electron chi connectivity index (χ3n) is 3.09. The lowest BCUT2D eigenvalue weighted by Crippen LogP contribution is -2.37. The van der Waals surface area contributed by atoms with Crippen LogP contribution >= 0.6 is 0 Å². The topological polar surface area (TPSA) is 26.0 Å². The highest BCUT2D eigenvalue weighted by atomic mass is 14.7. The van der Waals surface area contributed by atoms with Gasteiger partial charge in [0.25, 0.3) is 0 Å². The Hall–Kier alpha value is -0.0400. The standard InChI is InChI=1S/C9H19N.C3H8/c1-7-4-5-8(10)6-9(7,2)3;1-3-2/h7-8H,4-6,10H2,1-3H3;3H2,1-2H3/t7?,8-;/m0./s1. The monoisotopic (exact) mass is 185 g/mol. The summed E-state index contributed by atoms with van der Waals surface area (Å²) in [7, 11) is 0. The van der Waals surface area contributed by atoms with Crippen molar-refractivity contribution in [3.8, 4) is 0 Å². The molecule has 0 aliphatic heterocycles. The summed E-state index contributed by atoms with van der Waals surface area (Å²) in [4.78, 5) is 0. The lowest BCUT2D eigenvalue weighted by atomic mass is 9.68. The summed E-state index contributed by atoms with van der Waals surface area (Å²) < 4.78 is 0. The molecule has 0 aromatic heterocycles. The summed E-state index contributed by atoms with van der Waals surface area (Å²) in [6.07, 6.45) is 4.99. The van der Waals surface area contributed by atoms with Crippen molar-refractivity contribution in [3.63, 3.8) is 0 Å². The lowest BCUT2D eigenvalue weighted by Gasteiger charge is -2.39. The maximum absolute atomic E-state index is 5.87. The minimum atomic E-state index is 0.464. The highest BCUT2D eigenvalue weighted by molar-refractivity contribution is 4.85. The van der Waals surface area contributed by atoms with E-state index in [1.54, 1.807) is 0 Å². The van der Waals surface area contributed by atoms with E-state index in [-0.39, 0.29) is 0 Å². The summed E-state index contributed by atoms with van der Waals surface area (Å²) in [6.45, 7) is 11.2. The van der Waals surface area contributed by atoms with Crippen LogP contribution in [-0.4, -0.2) is 6.04 Å². The van der Waals surface area contributed by atoms with Crippen LogP contribution in [0.15, 0.2) is 0 Å². The molecule has 0 aromatic rings. The van der Waals surface area contributed by atoms with Crippen molar-refractivity contribution in [2.24, 2.45) is 17.1 Å². The van der Waals surface area contributed by atoms with E-state index in [0.29, 0.717) is 11.5 Å². The number of hydrogen-bond donors (Lipinski definition) is 1. The average molecular weight is 185 g/mol. The van der Waals surface area contributed by atoms with Crippen molar-refractivity contribution in [2.75, 3.05) is 0 Å². The zero-order valence-corrected chi connectivity index (χ0v) is 10.1. The third kappa shape index (κ3) is 4.66. The first kappa shape index (κ1) is 13.0. The van der Waals surface area contributed by atoms with Crippen LogP contribution in [0.1, 0.15) is 60.3 Å². The fraction of sp³-hybridized carbons (Fsp3) is 1.00. The molecule has 0 saturated heterocycles. The van der Waals surface area contributed by atoms with Gasteiger partial charge < -0.3 is 5.73 Å². The van der Waals surface area contributed by atoms with Crippen molar-refractivity contribution in [1.82, 2.24) is 0 Å². The van der Waals surface area contributed by atoms with Crippen molar-refractivity contribution in [3.05, 3.63) is 0 Å². The van der Waals surface area contributed by atoms with Crippen molar-refractivity contribution < 1.29 is 0 Å². The first-order valence-electron chi connectivity index (χ1n) is 5.69. The van der Waals surface area contributed by atoms with Gasteiger partial charge in [0, 0.05) is 6.04 Å². The molecule has 1 unspecified atom stereocenters. The Bertz CT molecular complexity index is 129. The van der Waals surface area contributed by atoms with Crippen LogP contribution in [0.4, 0.5) is 0 Å². The van der Waals surface area contributed by atoms with Gasteiger partial charge in [-0.1, -0.05) is 41.0 Å². The van der Waals surface area contributed by atoms with E-state index in [9.17, 15) is 0 Å². The summed E-state index contributed by atoms with van der Waals surface area (Å²) in [5, 5.41) is 0. The Labute approximate surface area is 84.1 Å². The molecule has 0 aromatic carbocycles. The van der Waals surface area contributed by atoms with Gasteiger partial charge in [-0.15, -0.1) is 0 Å². The highest BCUT2D eigenvalue weighted by Crippen LogP contribution is 2.39. The molecule has 0 amide bonds. The molecule has 1 rings (SSSR count). The van der Waals surface area contributed by atoms with Gasteiger partial charge in [0.05, 0.1) is 0 Å². The predicted octanol–water partition coefficient (Wildman–Crippen LogP) is 3.58. The van der Waals surface area contributed by atoms with Crippen LogP contribution in [0.5, 0.6) is 0 Å². The molecular weight excluding hydrogens is 158 g/mol. The van der Waals surface area contributed by atoms with Gasteiger partial charge in [-0.25, -0.2) is 0 Å². The average Bonchev–Trinajstić information content (AvgIpc) is 1.98. The Kier molecular flexibility index (Phi) is 5.62. The lowest BCUT2D eigenvalue weighted by molar-refractivity contribution is 0.138. The molecular formula is C12H27N. The Morgan fingerprint density at radius 1 is 1.23 bits per heavy atom. The SMILES string of the molecule is CC1CC[C@H](N)CC1(C)C.CCC. The maximum Gasteiger partial charge on any atom is 0.00441 e.